The van der Waals surface area contributed by atoms with E-state index in [0.29, 0.717) is 12.5 Å². The van der Waals surface area contributed by atoms with Crippen molar-refractivity contribution in [3.05, 3.63) is 41.2 Å². The second kappa shape index (κ2) is 6.50. The zero-order valence-corrected chi connectivity index (χ0v) is 12.8. The molecule has 1 aromatic heterocycles. The molecule has 0 unspecified atom stereocenters. The predicted molar refractivity (Wildman–Crippen MR) is 87.3 cm³/mol. The molecule has 1 aliphatic rings. The van der Waals surface area contributed by atoms with Crippen LogP contribution in [0.1, 0.15) is 37.3 Å². The molecule has 0 amide bonds. The lowest BCUT2D eigenvalue weighted by Crippen LogP contribution is -2.17. The van der Waals surface area contributed by atoms with Crippen LogP contribution in [0.15, 0.2) is 30.5 Å². The van der Waals surface area contributed by atoms with Gasteiger partial charge in [-0.15, -0.1) is 0 Å². The zero-order valence-electron chi connectivity index (χ0n) is 12.1. The van der Waals surface area contributed by atoms with Crippen molar-refractivity contribution in [2.45, 2.75) is 31.6 Å². The lowest BCUT2D eigenvalue weighted by molar-refractivity contribution is 0.404. The third-order valence-corrected chi connectivity index (χ3v) is 4.39. The summed E-state index contributed by atoms with van der Waals surface area (Å²) in [5.41, 5.74) is 8.89. The Kier molecular flexibility index (Phi) is 4.46. The second-order valence-corrected chi connectivity index (χ2v) is 5.91. The molecular formula is C16H21ClN4. The molecule has 0 atom stereocenters. The van der Waals surface area contributed by atoms with Gasteiger partial charge in [0, 0.05) is 12.5 Å². The highest BCUT2D eigenvalue weighted by atomic mass is 35.5. The smallest absolute Gasteiger partial charge is 0.0835 e. The van der Waals surface area contributed by atoms with E-state index in [1.807, 2.05) is 35.1 Å². The Hall–Kier alpha value is -1.52. The van der Waals surface area contributed by atoms with E-state index >= 15 is 0 Å². The molecule has 2 aromatic rings. The quantitative estimate of drug-likeness (QED) is 0.802. The normalized spacial score (nSPS) is 15.0. The fraction of sp³-hybridized carbons (Fsp3) is 0.438. The van der Waals surface area contributed by atoms with Gasteiger partial charge in [0.25, 0.3) is 0 Å². The maximum Gasteiger partial charge on any atom is 0.0835 e. The maximum atomic E-state index is 6.33. The topological polar surface area (TPSA) is 55.9 Å². The monoisotopic (exact) mass is 304 g/mol. The second-order valence-electron chi connectivity index (χ2n) is 5.50. The summed E-state index contributed by atoms with van der Waals surface area (Å²) in [5.74, 6) is 0.573. The minimum atomic E-state index is 0.573. The van der Waals surface area contributed by atoms with Gasteiger partial charge in [-0.2, -0.15) is 5.10 Å². The number of hydrogen-bond donors (Lipinski definition) is 2. The summed E-state index contributed by atoms with van der Waals surface area (Å²) in [4.78, 5) is 0. The Morgan fingerprint density at radius 2 is 2.14 bits per heavy atom. The number of anilines is 1. The Morgan fingerprint density at radius 3 is 2.81 bits per heavy atom. The van der Waals surface area contributed by atoms with Crippen LogP contribution in [0.25, 0.3) is 5.69 Å². The molecule has 1 heterocycles. The SMILES string of the molecule is NCCCNc1cnn(-c2ccccc2Cl)c1C1CCC1. The minimum absolute atomic E-state index is 0.573. The van der Waals surface area contributed by atoms with E-state index < -0.39 is 0 Å². The van der Waals surface area contributed by atoms with Crippen LogP contribution in [-0.4, -0.2) is 22.9 Å². The van der Waals surface area contributed by atoms with Gasteiger partial charge in [-0.1, -0.05) is 30.2 Å². The van der Waals surface area contributed by atoms with Gasteiger partial charge in [0.15, 0.2) is 0 Å². The molecule has 3 N–H and O–H groups in total. The molecule has 5 heteroatoms. The number of nitrogens with one attached hydrogen (secondary N) is 1. The lowest BCUT2D eigenvalue weighted by Gasteiger charge is -2.27. The van der Waals surface area contributed by atoms with Crippen molar-refractivity contribution in [2.24, 2.45) is 5.73 Å². The standard InChI is InChI=1S/C16H21ClN4/c17-13-7-1-2-8-15(13)21-16(12-5-3-6-12)14(11-20-21)19-10-4-9-18/h1-2,7-8,11-12,19H,3-6,9-10,18H2. The molecule has 112 valence electrons. The van der Waals surface area contributed by atoms with E-state index in [1.165, 1.54) is 25.0 Å². The Bertz CT molecular complexity index is 604. The molecule has 0 radical (unpaired) electrons. The minimum Gasteiger partial charge on any atom is -0.382 e. The van der Waals surface area contributed by atoms with Crippen molar-refractivity contribution in [3.8, 4) is 5.69 Å². The average Bonchev–Trinajstić information content (AvgIpc) is 2.82. The van der Waals surface area contributed by atoms with E-state index in [9.17, 15) is 0 Å². The molecule has 0 saturated heterocycles. The van der Waals surface area contributed by atoms with Gasteiger partial charge in [0.05, 0.1) is 28.3 Å². The van der Waals surface area contributed by atoms with Gasteiger partial charge >= 0.3 is 0 Å². The van der Waals surface area contributed by atoms with Gasteiger partial charge < -0.3 is 11.1 Å². The summed E-state index contributed by atoms with van der Waals surface area (Å²) in [7, 11) is 0. The van der Waals surface area contributed by atoms with Crippen LogP contribution in [0.3, 0.4) is 0 Å². The number of nitrogens with zero attached hydrogens (tertiary/aromatic N) is 2. The van der Waals surface area contributed by atoms with Crippen LogP contribution in [-0.2, 0) is 0 Å². The van der Waals surface area contributed by atoms with E-state index in [0.717, 1.165) is 29.4 Å². The number of hydrogen-bond acceptors (Lipinski definition) is 3. The molecule has 1 aliphatic carbocycles. The van der Waals surface area contributed by atoms with Crippen LogP contribution in [0.4, 0.5) is 5.69 Å². The summed E-state index contributed by atoms with van der Waals surface area (Å²) in [6.07, 6.45) is 6.61. The third-order valence-electron chi connectivity index (χ3n) is 4.08. The van der Waals surface area contributed by atoms with Crippen molar-refractivity contribution in [2.75, 3.05) is 18.4 Å². The summed E-state index contributed by atoms with van der Waals surface area (Å²) in [5, 5.41) is 8.77. The molecule has 4 nitrogen and oxygen atoms in total. The van der Waals surface area contributed by atoms with Gasteiger partial charge in [0.2, 0.25) is 0 Å². The number of rotatable bonds is 6. The summed E-state index contributed by atoms with van der Waals surface area (Å²) < 4.78 is 2.00. The van der Waals surface area contributed by atoms with Crippen molar-refractivity contribution in [1.29, 1.82) is 0 Å². The van der Waals surface area contributed by atoms with Crippen molar-refractivity contribution in [1.82, 2.24) is 9.78 Å². The summed E-state index contributed by atoms with van der Waals surface area (Å²) >= 11 is 6.33. The Balaban J connectivity index is 1.94. The molecule has 0 aliphatic heterocycles. The van der Waals surface area contributed by atoms with E-state index in [1.54, 1.807) is 0 Å². The third kappa shape index (κ3) is 2.92. The fourth-order valence-corrected chi connectivity index (χ4v) is 2.93. The van der Waals surface area contributed by atoms with Crippen LogP contribution >= 0.6 is 11.6 Å². The zero-order chi connectivity index (χ0) is 14.7. The van der Waals surface area contributed by atoms with Gasteiger partial charge in [-0.05, 0) is 37.9 Å². The van der Waals surface area contributed by atoms with Crippen molar-refractivity contribution in [3.63, 3.8) is 0 Å². The molecule has 1 fully saturated rings. The highest BCUT2D eigenvalue weighted by Crippen LogP contribution is 2.41. The first kappa shape index (κ1) is 14.4. The number of aromatic nitrogens is 2. The Morgan fingerprint density at radius 1 is 1.33 bits per heavy atom. The molecule has 0 spiro atoms. The number of nitrogens with two attached hydrogens (primary N) is 1. The van der Waals surface area contributed by atoms with E-state index in [4.69, 9.17) is 17.3 Å². The van der Waals surface area contributed by atoms with Crippen molar-refractivity contribution >= 4 is 17.3 Å². The fourth-order valence-electron chi connectivity index (χ4n) is 2.71. The highest BCUT2D eigenvalue weighted by molar-refractivity contribution is 6.32. The van der Waals surface area contributed by atoms with Crippen LogP contribution in [0.2, 0.25) is 5.02 Å². The first-order chi connectivity index (χ1) is 10.3. The molecule has 1 aromatic carbocycles. The summed E-state index contributed by atoms with van der Waals surface area (Å²) in [6.45, 7) is 1.58. The van der Waals surface area contributed by atoms with Gasteiger partial charge in [0.1, 0.15) is 0 Å². The largest absolute Gasteiger partial charge is 0.382 e. The van der Waals surface area contributed by atoms with Crippen molar-refractivity contribution < 1.29 is 0 Å². The Labute approximate surface area is 130 Å². The average molecular weight is 305 g/mol. The number of benzene rings is 1. The lowest BCUT2D eigenvalue weighted by atomic mass is 9.82. The van der Waals surface area contributed by atoms with Gasteiger partial charge in [-0.3, -0.25) is 0 Å². The first-order valence-electron chi connectivity index (χ1n) is 7.58. The number of halogens is 1. The maximum absolute atomic E-state index is 6.33. The highest BCUT2D eigenvalue weighted by Gasteiger charge is 2.27. The van der Waals surface area contributed by atoms with Crippen LogP contribution < -0.4 is 11.1 Å². The molecule has 21 heavy (non-hydrogen) atoms. The van der Waals surface area contributed by atoms with E-state index in [-0.39, 0.29) is 0 Å². The van der Waals surface area contributed by atoms with Crippen LogP contribution in [0, 0.1) is 0 Å². The first-order valence-corrected chi connectivity index (χ1v) is 7.96. The van der Waals surface area contributed by atoms with Crippen LogP contribution in [0.5, 0.6) is 0 Å². The molecule has 0 bridgehead atoms. The van der Waals surface area contributed by atoms with E-state index in [2.05, 4.69) is 10.4 Å². The molecular weight excluding hydrogens is 284 g/mol. The number of para-hydroxylation sites is 1. The summed E-state index contributed by atoms with van der Waals surface area (Å²) in [6, 6.07) is 7.86. The predicted octanol–water partition coefficient (Wildman–Crippen LogP) is 3.55. The van der Waals surface area contributed by atoms with Gasteiger partial charge in [-0.25, -0.2) is 4.68 Å². The molecule has 1 saturated carbocycles. The molecule has 3 rings (SSSR count).